The highest BCUT2D eigenvalue weighted by molar-refractivity contribution is 7.09. The number of carboxylic acids is 1. The van der Waals surface area contributed by atoms with Crippen molar-refractivity contribution in [1.29, 1.82) is 0 Å². The van der Waals surface area contributed by atoms with E-state index in [-0.39, 0.29) is 6.54 Å². The van der Waals surface area contributed by atoms with Crippen LogP contribution < -0.4 is 10.6 Å². The van der Waals surface area contributed by atoms with E-state index in [1.807, 2.05) is 6.92 Å². The van der Waals surface area contributed by atoms with Gasteiger partial charge in [0.05, 0.1) is 29.8 Å². The van der Waals surface area contributed by atoms with E-state index in [4.69, 9.17) is 5.11 Å². The fraction of sp³-hybridized carbons (Fsp3) is 0.545. The van der Waals surface area contributed by atoms with Crippen LogP contribution in [0.15, 0.2) is 5.51 Å². The van der Waals surface area contributed by atoms with E-state index in [0.29, 0.717) is 6.54 Å². The van der Waals surface area contributed by atoms with Crippen LogP contribution in [-0.2, 0) is 11.3 Å². The smallest absolute Gasteiger partial charge is 0.315 e. The third kappa shape index (κ3) is 5.66. The number of urea groups is 1. The Bertz CT molecular complexity index is 459. The van der Waals surface area contributed by atoms with Crippen molar-refractivity contribution in [1.82, 2.24) is 15.6 Å². The van der Waals surface area contributed by atoms with Gasteiger partial charge in [-0.15, -0.1) is 11.3 Å². The Morgan fingerprint density at radius 1 is 1.47 bits per heavy atom. The van der Waals surface area contributed by atoms with Gasteiger partial charge in [0.25, 0.3) is 0 Å². The first kappa shape index (κ1) is 15.4. The second-order valence-corrected chi connectivity index (χ2v) is 5.40. The SMILES string of the molecule is Cc1ncsc1CNC(=O)NCC(C)(O)CC(=O)O. The molecule has 0 spiro atoms. The topological polar surface area (TPSA) is 112 Å². The van der Waals surface area contributed by atoms with E-state index >= 15 is 0 Å². The third-order valence-electron chi connectivity index (χ3n) is 2.42. The summed E-state index contributed by atoms with van der Waals surface area (Å²) in [5.74, 6) is -1.12. The number of thiazole rings is 1. The molecule has 1 aromatic rings. The van der Waals surface area contributed by atoms with Crippen molar-refractivity contribution in [3.63, 3.8) is 0 Å². The molecule has 0 aliphatic rings. The Morgan fingerprint density at radius 2 is 2.16 bits per heavy atom. The molecule has 1 atom stereocenters. The van der Waals surface area contributed by atoms with Crippen LogP contribution in [0.2, 0.25) is 0 Å². The maximum atomic E-state index is 11.5. The predicted octanol–water partition coefficient (Wildman–Crippen LogP) is 0.476. The number of hydrogen-bond donors (Lipinski definition) is 4. The molecule has 0 saturated carbocycles. The molecule has 0 saturated heterocycles. The Labute approximate surface area is 114 Å². The van der Waals surface area contributed by atoms with Gasteiger partial charge in [0.15, 0.2) is 0 Å². The zero-order valence-corrected chi connectivity index (χ0v) is 11.6. The first-order valence-corrected chi connectivity index (χ1v) is 6.53. The fourth-order valence-corrected chi connectivity index (χ4v) is 2.09. The number of carboxylic acid groups (broad SMARTS) is 1. The van der Waals surface area contributed by atoms with Crippen LogP contribution in [-0.4, -0.2) is 39.3 Å². The van der Waals surface area contributed by atoms with E-state index in [1.165, 1.54) is 18.3 Å². The molecule has 0 aromatic carbocycles. The molecule has 0 radical (unpaired) electrons. The lowest BCUT2D eigenvalue weighted by molar-refractivity contribution is -0.141. The van der Waals surface area contributed by atoms with Crippen LogP contribution in [0, 0.1) is 6.92 Å². The molecule has 1 rings (SSSR count). The Hall–Kier alpha value is -1.67. The van der Waals surface area contributed by atoms with Gasteiger partial charge in [-0.05, 0) is 13.8 Å². The largest absolute Gasteiger partial charge is 0.481 e. The monoisotopic (exact) mass is 287 g/mol. The molecule has 19 heavy (non-hydrogen) atoms. The molecular formula is C11H17N3O4S. The molecule has 0 fully saturated rings. The van der Waals surface area contributed by atoms with E-state index < -0.39 is 24.0 Å². The molecule has 0 bridgehead atoms. The summed E-state index contributed by atoms with van der Waals surface area (Å²) in [6, 6.07) is -0.460. The maximum Gasteiger partial charge on any atom is 0.315 e. The zero-order chi connectivity index (χ0) is 14.5. The minimum atomic E-state index is -1.47. The summed E-state index contributed by atoms with van der Waals surface area (Å²) in [5.41, 5.74) is 1.09. The number of aliphatic carboxylic acids is 1. The molecule has 1 unspecified atom stereocenters. The quantitative estimate of drug-likeness (QED) is 0.608. The number of rotatable bonds is 6. The van der Waals surface area contributed by atoms with E-state index in [1.54, 1.807) is 5.51 Å². The molecule has 0 aliphatic carbocycles. The summed E-state index contributed by atoms with van der Waals surface area (Å²) in [5, 5.41) is 23.3. The molecule has 7 nitrogen and oxygen atoms in total. The minimum absolute atomic E-state index is 0.132. The summed E-state index contributed by atoms with van der Waals surface area (Å²) in [6.07, 6.45) is -0.429. The lowest BCUT2D eigenvalue weighted by Crippen LogP contribution is -2.45. The number of nitrogens with zero attached hydrogens (tertiary/aromatic N) is 1. The van der Waals surface area contributed by atoms with Gasteiger partial charge in [-0.2, -0.15) is 0 Å². The number of nitrogens with one attached hydrogen (secondary N) is 2. The van der Waals surface area contributed by atoms with Gasteiger partial charge in [0, 0.05) is 11.4 Å². The van der Waals surface area contributed by atoms with Crippen LogP contribution in [0.3, 0.4) is 0 Å². The third-order valence-corrected chi connectivity index (χ3v) is 3.35. The van der Waals surface area contributed by atoms with Crippen LogP contribution >= 0.6 is 11.3 Å². The molecular weight excluding hydrogens is 270 g/mol. The number of amides is 2. The van der Waals surface area contributed by atoms with Crippen LogP contribution in [0.5, 0.6) is 0 Å². The Morgan fingerprint density at radius 3 is 2.68 bits per heavy atom. The van der Waals surface area contributed by atoms with E-state index in [9.17, 15) is 14.7 Å². The average Bonchev–Trinajstić information content (AvgIpc) is 2.68. The van der Waals surface area contributed by atoms with E-state index in [2.05, 4.69) is 15.6 Å². The molecule has 8 heteroatoms. The number of carbonyl (C=O) groups excluding carboxylic acids is 1. The average molecular weight is 287 g/mol. The second-order valence-electron chi connectivity index (χ2n) is 4.46. The fourth-order valence-electron chi connectivity index (χ4n) is 1.38. The van der Waals surface area contributed by atoms with Gasteiger partial charge in [0.2, 0.25) is 0 Å². The Kier molecular flexibility index (Phi) is 5.25. The second kappa shape index (κ2) is 6.48. The summed E-state index contributed by atoms with van der Waals surface area (Å²) in [6.45, 7) is 3.42. The molecule has 106 valence electrons. The summed E-state index contributed by atoms with van der Waals surface area (Å²) in [7, 11) is 0. The minimum Gasteiger partial charge on any atom is -0.481 e. The predicted molar refractivity (Wildman–Crippen MR) is 70.0 cm³/mol. The van der Waals surface area contributed by atoms with E-state index in [0.717, 1.165) is 10.6 Å². The number of aromatic nitrogens is 1. The number of aliphatic hydroxyl groups is 1. The van der Waals surface area contributed by atoms with Crippen molar-refractivity contribution >= 4 is 23.3 Å². The van der Waals surface area contributed by atoms with Crippen molar-refractivity contribution in [3.05, 3.63) is 16.1 Å². The molecule has 1 aromatic heterocycles. The van der Waals surface area contributed by atoms with Crippen molar-refractivity contribution in [2.24, 2.45) is 0 Å². The highest BCUT2D eigenvalue weighted by atomic mass is 32.1. The maximum absolute atomic E-state index is 11.5. The van der Waals surface area contributed by atoms with Crippen molar-refractivity contribution in [2.45, 2.75) is 32.4 Å². The first-order valence-electron chi connectivity index (χ1n) is 5.65. The normalized spacial score (nSPS) is 13.6. The van der Waals surface area contributed by atoms with Crippen LogP contribution in [0.4, 0.5) is 4.79 Å². The molecule has 0 aliphatic heterocycles. The lowest BCUT2D eigenvalue weighted by Gasteiger charge is -2.21. The van der Waals surface area contributed by atoms with Crippen LogP contribution in [0.1, 0.15) is 23.9 Å². The van der Waals surface area contributed by atoms with Gasteiger partial charge in [-0.25, -0.2) is 9.78 Å². The van der Waals surface area contributed by atoms with Crippen molar-refractivity contribution in [2.75, 3.05) is 6.54 Å². The number of aryl methyl sites for hydroxylation is 1. The van der Waals surface area contributed by atoms with Crippen molar-refractivity contribution < 1.29 is 19.8 Å². The van der Waals surface area contributed by atoms with Crippen LogP contribution in [0.25, 0.3) is 0 Å². The lowest BCUT2D eigenvalue weighted by atomic mass is 10.0. The van der Waals surface area contributed by atoms with Gasteiger partial charge in [-0.1, -0.05) is 0 Å². The van der Waals surface area contributed by atoms with Gasteiger partial charge < -0.3 is 20.8 Å². The molecule has 2 amide bonds. The standard InChI is InChI=1S/C11H17N3O4S/c1-7-8(19-6-14-7)4-12-10(17)13-5-11(2,18)3-9(15)16/h6,18H,3-5H2,1-2H3,(H,15,16)(H2,12,13,17). The highest BCUT2D eigenvalue weighted by Crippen LogP contribution is 2.11. The van der Waals surface area contributed by atoms with Gasteiger partial charge >= 0.3 is 12.0 Å². The molecule has 4 N–H and O–H groups in total. The summed E-state index contributed by atoms with van der Waals surface area (Å²) < 4.78 is 0. The van der Waals surface area contributed by atoms with Crippen molar-refractivity contribution in [3.8, 4) is 0 Å². The Balaban J connectivity index is 2.32. The molecule has 1 heterocycles. The summed E-state index contributed by atoms with van der Waals surface area (Å²) >= 11 is 1.44. The highest BCUT2D eigenvalue weighted by Gasteiger charge is 2.24. The first-order chi connectivity index (χ1) is 8.80. The van der Waals surface area contributed by atoms with Gasteiger partial charge in [0.1, 0.15) is 0 Å². The van der Waals surface area contributed by atoms with Gasteiger partial charge in [-0.3, -0.25) is 4.79 Å². The zero-order valence-electron chi connectivity index (χ0n) is 10.8. The number of carbonyl (C=O) groups is 2. The summed E-state index contributed by atoms with van der Waals surface area (Å²) in [4.78, 5) is 27.0. The number of hydrogen-bond acceptors (Lipinski definition) is 5.